The molecule has 1 aromatic rings. The molecule has 0 fully saturated rings. The molecule has 0 saturated heterocycles. The summed E-state index contributed by atoms with van der Waals surface area (Å²) >= 11 is 0. The third-order valence-corrected chi connectivity index (χ3v) is 2.34. The van der Waals surface area contributed by atoms with E-state index in [9.17, 15) is 0 Å². The van der Waals surface area contributed by atoms with Gasteiger partial charge in [0.05, 0.1) is 11.4 Å². The summed E-state index contributed by atoms with van der Waals surface area (Å²) < 4.78 is 0. The number of nitrogens with two attached hydrogens (primary N) is 1. The average molecular weight is 209 g/mol. The van der Waals surface area contributed by atoms with Gasteiger partial charge in [-0.25, -0.2) is 4.98 Å². The molecule has 1 atom stereocenters. The fraction of sp³-hybridized carbons (Fsp3) is 0.700. The zero-order valence-electron chi connectivity index (χ0n) is 9.86. The van der Waals surface area contributed by atoms with E-state index in [1.807, 2.05) is 32.7 Å². The lowest BCUT2D eigenvalue weighted by atomic mass is 10.2. The van der Waals surface area contributed by atoms with E-state index in [0.29, 0.717) is 5.95 Å². The molecule has 84 valence electrons. The monoisotopic (exact) mass is 209 g/mol. The van der Waals surface area contributed by atoms with Gasteiger partial charge in [-0.3, -0.25) is 0 Å². The van der Waals surface area contributed by atoms with E-state index in [1.54, 1.807) is 0 Å². The minimum Gasteiger partial charge on any atom is -0.343 e. The maximum absolute atomic E-state index is 5.69. The zero-order chi connectivity index (χ0) is 11.4. The van der Waals surface area contributed by atoms with Crippen molar-refractivity contribution >= 4 is 5.95 Å². The van der Waals surface area contributed by atoms with Gasteiger partial charge in [-0.2, -0.15) is 5.10 Å². The van der Waals surface area contributed by atoms with Crippen LogP contribution >= 0.6 is 0 Å². The molecule has 15 heavy (non-hydrogen) atoms. The van der Waals surface area contributed by atoms with Crippen molar-refractivity contribution in [1.82, 2.24) is 15.2 Å². The molecule has 1 aromatic heterocycles. The first-order valence-corrected chi connectivity index (χ1v) is 5.15. The third kappa shape index (κ3) is 3.43. The molecule has 2 N–H and O–H groups in total. The second-order valence-electron chi connectivity index (χ2n) is 3.97. The first-order valence-electron chi connectivity index (χ1n) is 5.15. The van der Waals surface area contributed by atoms with Crippen molar-refractivity contribution in [2.24, 2.45) is 5.73 Å². The van der Waals surface area contributed by atoms with E-state index in [0.717, 1.165) is 24.4 Å². The summed E-state index contributed by atoms with van der Waals surface area (Å²) in [6.07, 6.45) is 0.923. The van der Waals surface area contributed by atoms with Crippen molar-refractivity contribution in [3.8, 4) is 0 Å². The molecule has 0 aliphatic heterocycles. The van der Waals surface area contributed by atoms with Crippen molar-refractivity contribution in [2.45, 2.75) is 33.2 Å². The number of rotatable bonds is 4. The largest absolute Gasteiger partial charge is 0.343 e. The topological polar surface area (TPSA) is 67.9 Å². The van der Waals surface area contributed by atoms with Gasteiger partial charge < -0.3 is 10.6 Å². The van der Waals surface area contributed by atoms with E-state index < -0.39 is 0 Å². The molecular formula is C10H19N5. The van der Waals surface area contributed by atoms with Gasteiger partial charge in [-0.05, 0) is 27.2 Å². The summed E-state index contributed by atoms with van der Waals surface area (Å²) in [4.78, 5) is 6.34. The van der Waals surface area contributed by atoms with E-state index in [1.165, 1.54) is 0 Å². The van der Waals surface area contributed by atoms with E-state index in [4.69, 9.17) is 5.73 Å². The van der Waals surface area contributed by atoms with Gasteiger partial charge in [0.15, 0.2) is 0 Å². The highest BCUT2D eigenvalue weighted by atomic mass is 15.3. The van der Waals surface area contributed by atoms with Crippen LogP contribution in [0.3, 0.4) is 0 Å². The molecule has 0 aliphatic carbocycles. The zero-order valence-corrected chi connectivity index (χ0v) is 9.86. The van der Waals surface area contributed by atoms with Crippen LogP contribution < -0.4 is 10.6 Å². The van der Waals surface area contributed by atoms with Gasteiger partial charge >= 0.3 is 0 Å². The molecule has 0 saturated carbocycles. The minimum atomic E-state index is 0.201. The smallest absolute Gasteiger partial charge is 0.245 e. The third-order valence-electron chi connectivity index (χ3n) is 2.34. The molecular weight excluding hydrogens is 190 g/mol. The second-order valence-corrected chi connectivity index (χ2v) is 3.97. The van der Waals surface area contributed by atoms with Crippen LogP contribution in [0.1, 0.15) is 24.7 Å². The first kappa shape index (κ1) is 11.8. The van der Waals surface area contributed by atoms with Gasteiger partial charge in [0.2, 0.25) is 5.95 Å². The Morgan fingerprint density at radius 2 is 1.93 bits per heavy atom. The average Bonchev–Trinajstić information content (AvgIpc) is 2.18. The van der Waals surface area contributed by atoms with Crippen molar-refractivity contribution in [1.29, 1.82) is 0 Å². The van der Waals surface area contributed by atoms with Crippen LogP contribution in [-0.2, 0) is 0 Å². The Kier molecular flexibility index (Phi) is 3.96. The summed E-state index contributed by atoms with van der Waals surface area (Å²) in [5.74, 6) is 0.666. The molecule has 0 spiro atoms. The Labute approximate surface area is 90.7 Å². The number of nitrogens with zero attached hydrogens (tertiary/aromatic N) is 4. The van der Waals surface area contributed by atoms with Crippen molar-refractivity contribution in [3.63, 3.8) is 0 Å². The number of hydrogen-bond acceptors (Lipinski definition) is 5. The molecule has 0 aromatic carbocycles. The molecule has 1 heterocycles. The predicted octanol–water partition coefficient (Wildman–Crippen LogP) is 0.662. The van der Waals surface area contributed by atoms with Crippen molar-refractivity contribution in [3.05, 3.63) is 11.4 Å². The standard InChI is InChI=1S/C10H19N5/c1-7(11)5-6-15(4)10-12-8(2)9(3)13-14-10/h7H,5-6,11H2,1-4H3. The van der Waals surface area contributed by atoms with Crippen LogP contribution in [0.2, 0.25) is 0 Å². The highest BCUT2D eigenvalue weighted by Crippen LogP contribution is 2.06. The van der Waals surface area contributed by atoms with E-state index >= 15 is 0 Å². The molecule has 1 unspecified atom stereocenters. The summed E-state index contributed by atoms with van der Waals surface area (Å²) in [6.45, 7) is 6.68. The molecule has 0 aliphatic rings. The highest BCUT2D eigenvalue weighted by molar-refractivity contribution is 5.27. The van der Waals surface area contributed by atoms with Crippen LogP contribution in [0.5, 0.6) is 0 Å². The summed E-state index contributed by atoms with van der Waals surface area (Å²) in [5, 5.41) is 8.08. The predicted molar refractivity (Wildman–Crippen MR) is 60.8 cm³/mol. The second kappa shape index (κ2) is 5.02. The number of hydrogen-bond donors (Lipinski definition) is 1. The Bertz CT molecular complexity index is 324. The quantitative estimate of drug-likeness (QED) is 0.789. The van der Waals surface area contributed by atoms with Crippen molar-refractivity contribution in [2.75, 3.05) is 18.5 Å². The summed E-state index contributed by atoms with van der Waals surface area (Å²) in [5.41, 5.74) is 7.49. The van der Waals surface area contributed by atoms with Gasteiger partial charge in [0, 0.05) is 19.6 Å². The Morgan fingerprint density at radius 3 is 2.47 bits per heavy atom. The van der Waals surface area contributed by atoms with Gasteiger partial charge in [-0.15, -0.1) is 5.10 Å². The normalized spacial score (nSPS) is 12.6. The van der Waals surface area contributed by atoms with E-state index in [-0.39, 0.29) is 6.04 Å². The Balaban J connectivity index is 2.65. The van der Waals surface area contributed by atoms with Crippen LogP contribution in [0.15, 0.2) is 0 Å². The number of aryl methyl sites for hydroxylation is 2. The lowest BCUT2D eigenvalue weighted by Crippen LogP contribution is -2.27. The molecule has 1 rings (SSSR count). The molecule has 5 heteroatoms. The SMILES string of the molecule is Cc1nnc(N(C)CCC(C)N)nc1C. The summed E-state index contributed by atoms with van der Waals surface area (Å²) in [6, 6.07) is 0.201. The fourth-order valence-corrected chi connectivity index (χ4v) is 1.10. The van der Waals surface area contributed by atoms with Gasteiger partial charge in [-0.1, -0.05) is 0 Å². The molecule has 0 amide bonds. The van der Waals surface area contributed by atoms with Crippen LogP contribution in [0, 0.1) is 13.8 Å². The molecule has 0 bridgehead atoms. The first-order chi connectivity index (χ1) is 7.00. The maximum atomic E-state index is 5.69. The van der Waals surface area contributed by atoms with E-state index in [2.05, 4.69) is 15.2 Å². The molecule has 0 radical (unpaired) electrons. The lowest BCUT2D eigenvalue weighted by Gasteiger charge is -2.17. The fourth-order valence-electron chi connectivity index (χ4n) is 1.10. The Hall–Kier alpha value is -1.23. The van der Waals surface area contributed by atoms with Crippen molar-refractivity contribution < 1.29 is 0 Å². The summed E-state index contributed by atoms with van der Waals surface area (Å²) in [7, 11) is 1.95. The van der Waals surface area contributed by atoms with Crippen LogP contribution in [0.4, 0.5) is 5.95 Å². The van der Waals surface area contributed by atoms with Gasteiger partial charge in [0.1, 0.15) is 0 Å². The number of anilines is 1. The maximum Gasteiger partial charge on any atom is 0.245 e. The lowest BCUT2D eigenvalue weighted by molar-refractivity contribution is 0.648. The van der Waals surface area contributed by atoms with Crippen LogP contribution in [0.25, 0.3) is 0 Å². The molecule has 5 nitrogen and oxygen atoms in total. The Morgan fingerprint density at radius 1 is 1.27 bits per heavy atom. The van der Waals surface area contributed by atoms with Gasteiger partial charge in [0.25, 0.3) is 0 Å². The highest BCUT2D eigenvalue weighted by Gasteiger charge is 2.07. The minimum absolute atomic E-state index is 0.201. The number of aromatic nitrogens is 3. The van der Waals surface area contributed by atoms with Crippen LogP contribution in [-0.4, -0.2) is 34.8 Å².